The molecule has 4 rings (SSSR count). The highest BCUT2D eigenvalue weighted by atomic mass is 19.1. The zero-order valence-electron chi connectivity index (χ0n) is 15.2. The lowest BCUT2D eigenvalue weighted by Crippen LogP contribution is -2.46. The topological polar surface area (TPSA) is 57.3 Å². The van der Waals surface area contributed by atoms with Crippen molar-refractivity contribution in [2.75, 3.05) is 38.2 Å². The molecule has 27 heavy (non-hydrogen) atoms. The number of nitrogens with zero attached hydrogens (tertiary/aromatic N) is 4. The summed E-state index contributed by atoms with van der Waals surface area (Å²) in [7, 11) is 1.53. The van der Waals surface area contributed by atoms with Crippen molar-refractivity contribution in [1.82, 2.24) is 20.1 Å². The summed E-state index contributed by atoms with van der Waals surface area (Å²) in [4.78, 5) is 8.80. The van der Waals surface area contributed by atoms with Crippen LogP contribution in [0, 0.1) is 5.82 Å². The van der Waals surface area contributed by atoms with Gasteiger partial charge in [0, 0.05) is 68.0 Å². The fourth-order valence-corrected chi connectivity index (χ4v) is 3.45. The third-order valence-corrected chi connectivity index (χ3v) is 4.96. The molecule has 1 saturated heterocycles. The van der Waals surface area contributed by atoms with E-state index in [0.29, 0.717) is 11.3 Å². The lowest BCUT2D eigenvalue weighted by Gasteiger charge is -2.36. The fourth-order valence-electron chi connectivity index (χ4n) is 3.45. The van der Waals surface area contributed by atoms with Crippen molar-refractivity contribution in [2.45, 2.75) is 6.54 Å². The smallest absolute Gasteiger partial charge is 0.136 e. The van der Waals surface area contributed by atoms with E-state index in [0.717, 1.165) is 44.0 Å². The van der Waals surface area contributed by atoms with Crippen LogP contribution in [0.4, 0.5) is 10.1 Å². The van der Waals surface area contributed by atoms with Crippen LogP contribution in [0.1, 0.15) is 5.56 Å². The molecule has 1 fully saturated rings. The van der Waals surface area contributed by atoms with E-state index in [1.54, 1.807) is 18.3 Å². The number of H-pyrrole nitrogens is 1. The second kappa shape index (κ2) is 7.75. The number of anilines is 1. The van der Waals surface area contributed by atoms with Gasteiger partial charge >= 0.3 is 0 Å². The van der Waals surface area contributed by atoms with Gasteiger partial charge in [-0.3, -0.25) is 15.0 Å². The normalized spacial score (nSPS) is 15.1. The number of hydrogen-bond acceptors (Lipinski definition) is 5. The van der Waals surface area contributed by atoms with E-state index in [-0.39, 0.29) is 5.82 Å². The maximum Gasteiger partial charge on any atom is 0.136 e. The summed E-state index contributed by atoms with van der Waals surface area (Å²) in [5.41, 5.74) is 3.44. The molecule has 0 aliphatic carbocycles. The molecule has 3 aromatic rings. The van der Waals surface area contributed by atoms with Gasteiger partial charge in [0.1, 0.15) is 11.6 Å². The molecule has 0 bridgehead atoms. The van der Waals surface area contributed by atoms with Gasteiger partial charge in [-0.25, -0.2) is 4.39 Å². The van der Waals surface area contributed by atoms with Crippen LogP contribution >= 0.6 is 0 Å². The third-order valence-electron chi connectivity index (χ3n) is 4.96. The third kappa shape index (κ3) is 3.78. The Kier molecular flexibility index (Phi) is 5.02. The summed E-state index contributed by atoms with van der Waals surface area (Å²) in [6.07, 6.45) is 5.43. The number of ether oxygens (including phenoxy) is 1. The van der Waals surface area contributed by atoms with E-state index in [2.05, 4.69) is 25.0 Å². The average Bonchev–Trinajstić information content (AvgIpc) is 3.17. The van der Waals surface area contributed by atoms with E-state index in [1.165, 1.54) is 18.9 Å². The molecular weight excluding hydrogens is 345 g/mol. The highest BCUT2D eigenvalue weighted by Gasteiger charge is 2.20. The van der Waals surface area contributed by atoms with E-state index in [1.807, 2.05) is 24.5 Å². The molecule has 1 aromatic carbocycles. The minimum atomic E-state index is -0.317. The Morgan fingerprint density at radius 3 is 2.59 bits per heavy atom. The fraction of sp³-hybridized carbons (Fsp3) is 0.300. The van der Waals surface area contributed by atoms with Gasteiger partial charge in [-0.2, -0.15) is 5.10 Å². The van der Waals surface area contributed by atoms with Crippen molar-refractivity contribution in [3.63, 3.8) is 0 Å². The second-order valence-corrected chi connectivity index (χ2v) is 6.58. The number of aromatic nitrogens is 3. The van der Waals surface area contributed by atoms with Crippen molar-refractivity contribution in [3.05, 3.63) is 60.3 Å². The van der Waals surface area contributed by atoms with Gasteiger partial charge in [-0.15, -0.1) is 0 Å². The Labute approximate surface area is 157 Å². The van der Waals surface area contributed by atoms with E-state index >= 15 is 0 Å². The lowest BCUT2D eigenvalue weighted by molar-refractivity contribution is 0.250. The molecule has 0 atom stereocenters. The average molecular weight is 367 g/mol. The molecule has 0 spiro atoms. The van der Waals surface area contributed by atoms with Gasteiger partial charge in [-0.1, -0.05) is 0 Å². The van der Waals surface area contributed by atoms with E-state index in [4.69, 9.17) is 4.74 Å². The van der Waals surface area contributed by atoms with Crippen LogP contribution in [0.15, 0.2) is 48.9 Å². The van der Waals surface area contributed by atoms with E-state index in [9.17, 15) is 4.39 Å². The van der Waals surface area contributed by atoms with Gasteiger partial charge < -0.3 is 9.64 Å². The predicted octanol–water partition coefficient (Wildman–Crippen LogP) is 2.94. The van der Waals surface area contributed by atoms with Crippen molar-refractivity contribution in [1.29, 1.82) is 0 Å². The Balaban J connectivity index is 1.44. The largest absolute Gasteiger partial charge is 0.497 e. The number of hydrogen-bond donors (Lipinski definition) is 1. The summed E-state index contributed by atoms with van der Waals surface area (Å²) in [6, 6.07) is 8.96. The lowest BCUT2D eigenvalue weighted by atomic mass is 10.1. The molecule has 140 valence electrons. The predicted molar refractivity (Wildman–Crippen MR) is 102 cm³/mol. The van der Waals surface area contributed by atoms with Crippen LogP contribution in [0.3, 0.4) is 0 Å². The Morgan fingerprint density at radius 1 is 1.11 bits per heavy atom. The quantitative estimate of drug-likeness (QED) is 0.751. The maximum absolute atomic E-state index is 14.4. The molecule has 1 N–H and O–H groups in total. The van der Waals surface area contributed by atoms with Crippen molar-refractivity contribution in [3.8, 4) is 17.0 Å². The number of benzene rings is 1. The van der Waals surface area contributed by atoms with Gasteiger partial charge in [0.15, 0.2) is 0 Å². The van der Waals surface area contributed by atoms with Gasteiger partial charge in [0.05, 0.1) is 19.0 Å². The number of pyridine rings is 1. The second-order valence-electron chi connectivity index (χ2n) is 6.58. The van der Waals surface area contributed by atoms with Crippen molar-refractivity contribution in [2.24, 2.45) is 0 Å². The van der Waals surface area contributed by atoms with E-state index < -0.39 is 0 Å². The number of piperazine rings is 1. The Morgan fingerprint density at radius 2 is 1.89 bits per heavy atom. The monoisotopic (exact) mass is 367 g/mol. The van der Waals surface area contributed by atoms with Crippen molar-refractivity contribution < 1.29 is 9.13 Å². The summed E-state index contributed by atoms with van der Waals surface area (Å²) >= 11 is 0. The molecule has 3 heterocycles. The Hall–Kier alpha value is -2.93. The highest BCUT2D eigenvalue weighted by molar-refractivity contribution is 5.64. The number of rotatable bonds is 5. The van der Waals surface area contributed by atoms with Crippen LogP contribution < -0.4 is 9.64 Å². The molecule has 7 heteroatoms. The first-order valence-corrected chi connectivity index (χ1v) is 8.98. The standard InChI is InChI=1S/C20H22FN5O/c1-27-17-2-3-18(19(21)12-17)20-15(13-23-24-20)14-25-8-10-26(11-9-25)16-4-6-22-7-5-16/h2-7,12-13H,8-11,14H2,1H3,(H,23,24). The minimum absolute atomic E-state index is 0.317. The molecule has 0 saturated carbocycles. The number of nitrogens with one attached hydrogen (secondary N) is 1. The van der Waals surface area contributed by atoms with Crippen LogP contribution in [0.5, 0.6) is 5.75 Å². The van der Waals surface area contributed by atoms with Crippen LogP contribution in [-0.4, -0.2) is 53.4 Å². The summed E-state index contributed by atoms with van der Waals surface area (Å²) in [5.74, 6) is 0.187. The van der Waals surface area contributed by atoms with Gasteiger partial charge in [0.25, 0.3) is 0 Å². The van der Waals surface area contributed by atoms with Crippen LogP contribution in [0.2, 0.25) is 0 Å². The number of aromatic amines is 1. The first kappa shape index (κ1) is 17.5. The molecule has 1 aliphatic rings. The number of halogens is 1. The number of methoxy groups -OCH3 is 1. The minimum Gasteiger partial charge on any atom is -0.497 e. The summed E-state index contributed by atoms with van der Waals surface area (Å²) in [6.45, 7) is 4.53. The molecule has 1 aliphatic heterocycles. The first-order valence-electron chi connectivity index (χ1n) is 8.98. The highest BCUT2D eigenvalue weighted by Crippen LogP contribution is 2.28. The molecule has 0 unspecified atom stereocenters. The molecule has 2 aromatic heterocycles. The molecule has 6 nitrogen and oxygen atoms in total. The molecular formula is C20H22FN5O. The van der Waals surface area contributed by atoms with Crippen molar-refractivity contribution >= 4 is 5.69 Å². The zero-order chi connectivity index (χ0) is 18.6. The summed E-state index contributed by atoms with van der Waals surface area (Å²) in [5, 5.41) is 7.09. The SMILES string of the molecule is COc1ccc(-c2[nH]ncc2CN2CCN(c3ccncc3)CC2)c(F)c1. The zero-order valence-corrected chi connectivity index (χ0v) is 15.2. The summed E-state index contributed by atoms with van der Waals surface area (Å²) < 4.78 is 19.5. The van der Waals surface area contributed by atoms with Crippen LogP contribution in [0.25, 0.3) is 11.3 Å². The molecule has 0 amide bonds. The van der Waals surface area contributed by atoms with Gasteiger partial charge in [0.2, 0.25) is 0 Å². The maximum atomic E-state index is 14.4. The first-order chi connectivity index (χ1) is 13.2. The van der Waals surface area contributed by atoms with Gasteiger partial charge in [-0.05, 0) is 24.3 Å². The molecule has 0 radical (unpaired) electrons. The van der Waals surface area contributed by atoms with Crippen LogP contribution in [-0.2, 0) is 6.54 Å². The Bertz CT molecular complexity index is 890.